The summed E-state index contributed by atoms with van der Waals surface area (Å²) in [5.41, 5.74) is 1.12. The molecule has 2 aromatic heterocycles. The average Bonchev–Trinajstić information content (AvgIpc) is 3.00. The zero-order valence-electron chi connectivity index (χ0n) is 12.5. The zero-order valence-corrected chi connectivity index (χ0v) is 12.5. The topological polar surface area (TPSA) is 72.7 Å². The second-order valence-corrected chi connectivity index (χ2v) is 4.82. The van der Waals surface area contributed by atoms with Crippen molar-refractivity contribution in [3.05, 3.63) is 42.2 Å². The standard InChI is InChI=1S/C15H21N5O/c1-3-13(15-17-11-18-20(15)4-2)19-14(21)6-5-12-7-9-16-10-8-12/h7-11,13H,3-6H2,1-2H3,(H,19,21)/t13-/m1/s1. The maximum atomic E-state index is 12.1. The molecule has 0 aromatic carbocycles. The number of aryl methyl sites for hydroxylation is 2. The fraction of sp³-hybridized carbons (Fsp3) is 0.467. The predicted octanol–water partition coefficient (Wildman–Crippen LogP) is 1.89. The van der Waals surface area contributed by atoms with Crippen molar-refractivity contribution < 1.29 is 4.79 Å². The Kier molecular flexibility index (Phi) is 5.43. The first-order chi connectivity index (χ1) is 10.2. The van der Waals surface area contributed by atoms with Crippen LogP contribution < -0.4 is 5.32 Å². The Labute approximate surface area is 124 Å². The number of aromatic nitrogens is 4. The number of hydrogen-bond acceptors (Lipinski definition) is 4. The molecule has 112 valence electrons. The van der Waals surface area contributed by atoms with Crippen LogP contribution in [-0.2, 0) is 17.8 Å². The third kappa shape index (κ3) is 4.11. The van der Waals surface area contributed by atoms with Crippen LogP contribution in [-0.4, -0.2) is 25.7 Å². The molecule has 21 heavy (non-hydrogen) atoms. The molecule has 0 saturated carbocycles. The van der Waals surface area contributed by atoms with Crippen molar-refractivity contribution in [3.63, 3.8) is 0 Å². The molecular formula is C15H21N5O. The number of rotatable bonds is 7. The van der Waals surface area contributed by atoms with Gasteiger partial charge in [0.15, 0.2) is 0 Å². The number of carbonyl (C=O) groups is 1. The third-order valence-corrected chi connectivity index (χ3v) is 3.39. The van der Waals surface area contributed by atoms with E-state index in [0.29, 0.717) is 12.8 Å². The van der Waals surface area contributed by atoms with Gasteiger partial charge in [0, 0.05) is 25.4 Å². The minimum absolute atomic E-state index is 0.0318. The molecule has 1 amide bonds. The second kappa shape index (κ2) is 7.52. The van der Waals surface area contributed by atoms with Gasteiger partial charge in [-0.3, -0.25) is 9.78 Å². The number of nitrogens with one attached hydrogen (secondary N) is 1. The van der Waals surface area contributed by atoms with Crippen molar-refractivity contribution in [3.8, 4) is 0 Å². The van der Waals surface area contributed by atoms with Crippen LogP contribution in [0.2, 0.25) is 0 Å². The fourth-order valence-electron chi connectivity index (χ4n) is 2.21. The summed E-state index contributed by atoms with van der Waals surface area (Å²) >= 11 is 0. The van der Waals surface area contributed by atoms with E-state index in [1.807, 2.05) is 30.7 Å². The van der Waals surface area contributed by atoms with E-state index in [0.717, 1.165) is 24.4 Å². The van der Waals surface area contributed by atoms with Gasteiger partial charge in [0.2, 0.25) is 5.91 Å². The average molecular weight is 287 g/mol. The molecule has 0 aliphatic heterocycles. The van der Waals surface area contributed by atoms with Gasteiger partial charge in [-0.15, -0.1) is 0 Å². The van der Waals surface area contributed by atoms with Gasteiger partial charge >= 0.3 is 0 Å². The van der Waals surface area contributed by atoms with Gasteiger partial charge < -0.3 is 5.32 Å². The van der Waals surface area contributed by atoms with Gasteiger partial charge in [-0.2, -0.15) is 5.10 Å². The highest BCUT2D eigenvalue weighted by atomic mass is 16.1. The molecule has 1 atom stereocenters. The van der Waals surface area contributed by atoms with Crippen LogP contribution in [0.25, 0.3) is 0 Å². The largest absolute Gasteiger partial charge is 0.346 e. The summed E-state index contributed by atoms with van der Waals surface area (Å²) in [5, 5.41) is 7.19. The van der Waals surface area contributed by atoms with Gasteiger partial charge in [-0.1, -0.05) is 6.92 Å². The quantitative estimate of drug-likeness (QED) is 0.844. The Morgan fingerprint density at radius 1 is 1.33 bits per heavy atom. The van der Waals surface area contributed by atoms with E-state index in [-0.39, 0.29) is 11.9 Å². The van der Waals surface area contributed by atoms with E-state index in [9.17, 15) is 4.79 Å². The highest BCUT2D eigenvalue weighted by Crippen LogP contribution is 2.14. The van der Waals surface area contributed by atoms with Crippen molar-refractivity contribution in [1.82, 2.24) is 25.1 Å². The Hall–Kier alpha value is -2.24. The predicted molar refractivity (Wildman–Crippen MR) is 79.4 cm³/mol. The molecule has 6 heteroatoms. The van der Waals surface area contributed by atoms with Crippen molar-refractivity contribution in [1.29, 1.82) is 0 Å². The van der Waals surface area contributed by atoms with Crippen LogP contribution in [0.5, 0.6) is 0 Å². The Bertz CT molecular complexity index is 566. The Morgan fingerprint density at radius 2 is 2.10 bits per heavy atom. The molecule has 2 rings (SSSR count). The van der Waals surface area contributed by atoms with Crippen molar-refractivity contribution in [2.45, 2.75) is 45.7 Å². The minimum atomic E-state index is -0.0857. The maximum absolute atomic E-state index is 12.1. The second-order valence-electron chi connectivity index (χ2n) is 4.82. The van der Waals surface area contributed by atoms with Crippen molar-refractivity contribution >= 4 is 5.91 Å². The number of hydrogen-bond donors (Lipinski definition) is 1. The lowest BCUT2D eigenvalue weighted by Crippen LogP contribution is -2.30. The molecule has 1 N–H and O–H groups in total. The monoisotopic (exact) mass is 287 g/mol. The first-order valence-corrected chi connectivity index (χ1v) is 7.30. The van der Waals surface area contributed by atoms with E-state index in [2.05, 4.69) is 20.4 Å². The summed E-state index contributed by atoms with van der Waals surface area (Å²) in [6, 6.07) is 3.77. The van der Waals surface area contributed by atoms with Crippen LogP contribution in [0, 0.1) is 0 Å². The molecule has 0 bridgehead atoms. The lowest BCUT2D eigenvalue weighted by Gasteiger charge is -2.16. The smallest absolute Gasteiger partial charge is 0.220 e. The maximum Gasteiger partial charge on any atom is 0.220 e. The lowest BCUT2D eigenvalue weighted by atomic mass is 10.1. The fourth-order valence-corrected chi connectivity index (χ4v) is 2.21. The lowest BCUT2D eigenvalue weighted by molar-refractivity contribution is -0.121. The number of carbonyl (C=O) groups excluding carboxylic acids is 1. The Morgan fingerprint density at radius 3 is 2.76 bits per heavy atom. The van der Waals surface area contributed by atoms with E-state index in [4.69, 9.17) is 0 Å². The molecule has 0 aliphatic rings. The van der Waals surface area contributed by atoms with Crippen LogP contribution >= 0.6 is 0 Å². The third-order valence-electron chi connectivity index (χ3n) is 3.39. The van der Waals surface area contributed by atoms with Gasteiger partial charge in [0.25, 0.3) is 0 Å². The van der Waals surface area contributed by atoms with Crippen LogP contribution in [0.4, 0.5) is 0 Å². The summed E-state index contributed by atoms with van der Waals surface area (Å²) < 4.78 is 1.82. The number of pyridine rings is 1. The first-order valence-electron chi connectivity index (χ1n) is 7.30. The summed E-state index contributed by atoms with van der Waals surface area (Å²) in [6.45, 7) is 4.79. The van der Waals surface area contributed by atoms with Gasteiger partial charge in [-0.05, 0) is 37.5 Å². The van der Waals surface area contributed by atoms with Crippen LogP contribution in [0.15, 0.2) is 30.9 Å². The molecule has 0 radical (unpaired) electrons. The van der Waals surface area contributed by atoms with E-state index in [1.54, 1.807) is 12.4 Å². The van der Waals surface area contributed by atoms with E-state index in [1.165, 1.54) is 6.33 Å². The summed E-state index contributed by atoms with van der Waals surface area (Å²) in [7, 11) is 0. The summed E-state index contributed by atoms with van der Waals surface area (Å²) in [5.74, 6) is 0.849. The normalized spacial score (nSPS) is 12.1. The van der Waals surface area contributed by atoms with Crippen molar-refractivity contribution in [2.24, 2.45) is 0 Å². The molecule has 0 fully saturated rings. The van der Waals surface area contributed by atoms with Crippen LogP contribution in [0.1, 0.15) is 44.1 Å². The first kappa shape index (κ1) is 15.2. The molecule has 2 aromatic rings. The van der Waals surface area contributed by atoms with E-state index < -0.39 is 0 Å². The van der Waals surface area contributed by atoms with E-state index >= 15 is 0 Å². The molecule has 0 unspecified atom stereocenters. The molecule has 0 aliphatic carbocycles. The van der Waals surface area contributed by atoms with Gasteiger partial charge in [-0.25, -0.2) is 9.67 Å². The summed E-state index contributed by atoms with van der Waals surface area (Å²) in [6.07, 6.45) is 6.98. The van der Waals surface area contributed by atoms with Crippen molar-refractivity contribution in [2.75, 3.05) is 0 Å². The van der Waals surface area contributed by atoms with Gasteiger partial charge in [0.1, 0.15) is 12.2 Å². The highest BCUT2D eigenvalue weighted by Gasteiger charge is 2.17. The SMILES string of the molecule is CC[C@@H](NC(=O)CCc1ccncc1)c1ncnn1CC. The highest BCUT2D eigenvalue weighted by molar-refractivity contribution is 5.76. The minimum Gasteiger partial charge on any atom is -0.346 e. The van der Waals surface area contributed by atoms with Crippen LogP contribution in [0.3, 0.4) is 0 Å². The Balaban J connectivity index is 1.91. The molecule has 6 nitrogen and oxygen atoms in total. The number of nitrogens with zero attached hydrogens (tertiary/aromatic N) is 4. The molecule has 2 heterocycles. The molecule has 0 saturated heterocycles. The van der Waals surface area contributed by atoms with Gasteiger partial charge in [0.05, 0.1) is 6.04 Å². The zero-order chi connectivity index (χ0) is 15.1. The number of amides is 1. The summed E-state index contributed by atoms with van der Waals surface area (Å²) in [4.78, 5) is 20.3. The molecular weight excluding hydrogens is 266 g/mol. The molecule has 0 spiro atoms.